The van der Waals surface area contributed by atoms with Gasteiger partial charge in [0.1, 0.15) is 0 Å². The highest BCUT2D eigenvalue weighted by Crippen LogP contribution is 2.31. The van der Waals surface area contributed by atoms with Crippen LogP contribution in [0, 0.1) is 11.8 Å². The van der Waals surface area contributed by atoms with Gasteiger partial charge in [-0.3, -0.25) is 0 Å². The summed E-state index contributed by atoms with van der Waals surface area (Å²) in [5.41, 5.74) is 0. The van der Waals surface area contributed by atoms with Gasteiger partial charge in [0.05, 0.1) is 0 Å². The van der Waals surface area contributed by atoms with Gasteiger partial charge in [-0.2, -0.15) is 0 Å². The van der Waals surface area contributed by atoms with Gasteiger partial charge < -0.3 is 5.32 Å². The zero-order valence-corrected chi connectivity index (χ0v) is 7.47. The first-order valence-corrected chi connectivity index (χ1v) is 5.09. The molecule has 2 rings (SSSR count). The topological polar surface area (TPSA) is 12.0 Å². The Kier molecular flexibility index (Phi) is 2.17. The van der Waals surface area contributed by atoms with Crippen LogP contribution in [0.3, 0.4) is 0 Å². The van der Waals surface area contributed by atoms with Crippen molar-refractivity contribution < 1.29 is 0 Å². The molecule has 0 aromatic heterocycles. The largest absolute Gasteiger partial charge is 0.314 e. The van der Waals surface area contributed by atoms with E-state index < -0.39 is 0 Å². The molecule has 1 nitrogen and oxygen atoms in total. The van der Waals surface area contributed by atoms with E-state index >= 15 is 0 Å². The normalized spacial score (nSPS) is 37.9. The molecule has 2 atom stereocenters. The lowest BCUT2D eigenvalue weighted by Gasteiger charge is -2.15. The minimum atomic E-state index is 0.905. The fraction of sp³-hybridized carbons (Fsp3) is 1.00. The van der Waals surface area contributed by atoms with Crippen LogP contribution >= 0.6 is 0 Å². The van der Waals surface area contributed by atoms with Gasteiger partial charge in [-0.05, 0) is 37.6 Å². The maximum absolute atomic E-state index is 3.63. The smallest absolute Gasteiger partial charge is 0.00683 e. The second-order valence-corrected chi connectivity index (χ2v) is 4.35. The molecule has 0 aromatic carbocycles. The van der Waals surface area contributed by atoms with Crippen molar-refractivity contribution >= 4 is 0 Å². The van der Waals surface area contributed by atoms with E-state index in [0.29, 0.717) is 0 Å². The summed E-state index contributed by atoms with van der Waals surface area (Å²) in [5.74, 6) is 1.98. The lowest BCUT2D eigenvalue weighted by Crippen LogP contribution is -2.25. The molecular weight excluding hydrogens is 134 g/mol. The quantitative estimate of drug-likeness (QED) is 0.655. The molecule has 0 aromatic rings. The molecule has 0 spiro atoms. The summed E-state index contributed by atoms with van der Waals surface area (Å²) >= 11 is 0. The predicted octanol–water partition coefficient (Wildman–Crippen LogP) is 2.17. The molecule has 0 heterocycles. The fourth-order valence-electron chi connectivity index (χ4n) is 2.13. The lowest BCUT2D eigenvalue weighted by molar-refractivity contribution is 0.391. The van der Waals surface area contributed by atoms with Crippen LogP contribution in [-0.2, 0) is 0 Å². The van der Waals surface area contributed by atoms with Crippen LogP contribution < -0.4 is 5.32 Å². The molecule has 2 unspecified atom stereocenters. The molecule has 0 radical (unpaired) electrons. The molecule has 2 aliphatic rings. The van der Waals surface area contributed by atoms with Gasteiger partial charge in [-0.1, -0.05) is 19.8 Å². The summed E-state index contributed by atoms with van der Waals surface area (Å²) in [6.45, 7) is 3.71. The minimum absolute atomic E-state index is 0.905. The van der Waals surface area contributed by atoms with Gasteiger partial charge in [0.2, 0.25) is 0 Å². The summed E-state index contributed by atoms with van der Waals surface area (Å²) in [5, 5.41) is 3.63. The van der Waals surface area contributed by atoms with Crippen molar-refractivity contribution in [1.82, 2.24) is 5.32 Å². The Morgan fingerprint density at radius 1 is 1.18 bits per heavy atom. The van der Waals surface area contributed by atoms with Crippen molar-refractivity contribution in [3.8, 4) is 0 Å². The molecule has 1 heteroatoms. The Balaban J connectivity index is 1.67. The van der Waals surface area contributed by atoms with Crippen molar-refractivity contribution in [1.29, 1.82) is 0 Å². The third-order valence-corrected chi connectivity index (χ3v) is 3.29. The Morgan fingerprint density at radius 3 is 2.55 bits per heavy atom. The minimum Gasteiger partial charge on any atom is -0.314 e. The number of rotatable bonds is 3. The first-order chi connectivity index (χ1) is 5.36. The van der Waals surface area contributed by atoms with Crippen molar-refractivity contribution in [3.05, 3.63) is 0 Å². The number of nitrogens with one attached hydrogen (secondary N) is 1. The summed E-state index contributed by atoms with van der Waals surface area (Å²) in [7, 11) is 0. The second kappa shape index (κ2) is 3.14. The van der Waals surface area contributed by atoms with Gasteiger partial charge in [-0.15, -0.1) is 0 Å². The molecular formula is C10H19N. The fourth-order valence-corrected chi connectivity index (χ4v) is 2.13. The van der Waals surface area contributed by atoms with Crippen molar-refractivity contribution in [3.63, 3.8) is 0 Å². The van der Waals surface area contributed by atoms with Crippen molar-refractivity contribution in [2.45, 2.75) is 45.1 Å². The van der Waals surface area contributed by atoms with Gasteiger partial charge in [0, 0.05) is 6.04 Å². The third-order valence-electron chi connectivity index (χ3n) is 3.29. The Hall–Kier alpha value is -0.0400. The molecule has 0 aliphatic heterocycles. The average Bonchev–Trinajstić information content (AvgIpc) is 2.73. The Labute approximate surface area is 69.6 Å². The number of hydrogen-bond acceptors (Lipinski definition) is 1. The Morgan fingerprint density at radius 2 is 2.00 bits per heavy atom. The van der Waals surface area contributed by atoms with Crippen LogP contribution in [0.2, 0.25) is 0 Å². The highest BCUT2D eigenvalue weighted by Gasteiger charge is 2.26. The monoisotopic (exact) mass is 153 g/mol. The van der Waals surface area contributed by atoms with Crippen LogP contribution in [0.5, 0.6) is 0 Å². The van der Waals surface area contributed by atoms with E-state index in [0.717, 1.165) is 17.9 Å². The molecule has 64 valence electrons. The maximum atomic E-state index is 3.63. The molecule has 2 fully saturated rings. The van der Waals surface area contributed by atoms with E-state index in [1.807, 2.05) is 0 Å². The summed E-state index contributed by atoms with van der Waals surface area (Å²) in [4.78, 5) is 0. The molecule has 0 amide bonds. The summed E-state index contributed by atoms with van der Waals surface area (Å²) < 4.78 is 0. The van der Waals surface area contributed by atoms with Crippen LogP contribution in [0.25, 0.3) is 0 Å². The molecule has 11 heavy (non-hydrogen) atoms. The third kappa shape index (κ3) is 1.96. The van der Waals surface area contributed by atoms with E-state index in [1.165, 1.54) is 38.6 Å². The standard InChI is InChI=1S/C10H19N/c1-8-3-2-4-9(8)7-11-10-5-6-10/h8-11H,2-7H2,1H3. The first-order valence-electron chi connectivity index (χ1n) is 5.09. The predicted molar refractivity (Wildman–Crippen MR) is 47.5 cm³/mol. The zero-order chi connectivity index (χ0) is 7.68. The van der Waals surface area contributed by atoms with Gasteiger partial charge >= 0.3 is 0 Å². The summed E-state index contributed by atoms with van der Waals surface area (Å²) in [6, 6.07) is 0.905. The molecule has 2 saturated carbocycles. The van der Waals surface area contributed by atoms with Crippen LogP contribution in [0.1, 0.15) is 39.0 Å². The lowest BCUT2D eigenvalue weighted by atomic mass is 9.98. The van der Waals surface area contributed by atoms with Crippen LogP contribution in [-0.4, -0.2) is 12.6 Å². The number of hydrogen-bond donors (Lipinski definition) is 1. The Bertz CT molecular complexity index is 129. The zero-order valence-electron chi connectivity index (χ0n) is 7.47. The van der Waals surface area contributed by atoms with E-state index in [4.69, 9.17) is 0 Å². The van der Waals surface area contributed by atoms with E-state index in [-0.39, 0.29) is 0 Å². The van der Waals surface area contributed by atoms with Crippen LogP contribution in [0.15, 0.2) is 0 Å². The molecule has 0 bridgehead atoms. The van der Waals surface area contributed by atoms with Crippen molar-refractivity contribution in [2.24, 2.45) is 11.8 Å². The van der Waals surface area contributed by atoms with Gasteiger partial charge in [-0.25, -0.2) is 0 Å². The van der Waals surface area contributed by atoms with Crippen molar-refractivity contribution in [2.75, 3.05) is 6.54 Å². The van der Waals surface area contributed by atoms with Gasteiger partial charge in [0.15, 0.2) is 0 Å². The molecule has 1 N–H and O–H groups in total. The maximum Gasteiger partial charge on any atom is 0.00683 e. The SMILES string of the molecule is CC1CCCC1CNC1CC1. The van der Waals surface area contributed by atoms with E-state index in [1.54, 1.807) is 0 Å². The molecule has 0 saturated heterocycles. The molecule has 2 aliphatic carbocycles. The first kappa shape index (κ1) is 7.60. The van der Waals surface area contributed by atoms with E-state index in [2.05, 4.69) is 12.2 Å². The average molecular weight is 153 g/mol. The van der Waals surface area contributed by atoms with Gasteiger partial charge in [0.25, 0.3) is 0 Å². The summed E-state index contributed by atoms with van der Waals surface area (Å²) in [6.07, 6.45) is 7.28. The highest BCUT2D eigenvalue weighted by molar-refractivity contribution is 4.84. The van der Waals surface area contributed by atoms with Crippen LogP contribution in [0.4, 0.5) is 0 Å². The second-order valence-electron chi connectivity index (χ2n) is 4.35. The highest BCUT2D eigenvalue weighted by atomic mass is 14.9. The van der Waals surface area contributed by atoms with E-state index in [9.17, 15) is 0 Å².